The molecule has 1 heterocycles. The number of carbonyl (C=O) groups is 1. The summed E-state index contributed by atoms with van der Waals surface area (Å²) in [6, 6.07) is 13.1. The SMILES string of the molecule is COc1cc2c(cc1OC)C(=O)C(=Cc1cc3ccccc3n(C)c1=O)C2. The molecule has 0 atom stereocenters. The number of aromatic nitrogens is 1. The van der Waals surface area contributed by atoms with Crippen LogP contribution in [0.2, 0.25) is 0 Å². The first-order valence-electron chi connectivity index (χ1n) is 8.62. The zero-order chi connectivity index (χ0) is 19.1. The van der Waals surface area contributed by atoms with Crippen LogP contribution in [0.15, 0.2) is 52.8 Å². The number of ether oxygens (including phenoxy) is 2. The van der Waals surface area contributed by atoms with Crippen LogP contribution < -0.4 is 15.0 Å². The van der Waals surface area contributed by atoms with E-state index in [4.69, 9.17) is 9.47 Å². The summed E-state index contributed by atoms with van der Waals surface area (Å²) in [6.45, 7) is 0. The van der Waals surface area contributed by atoms with Gasteiger partial charge in [-0.05, 0) is 41.3 Å². The normalized spacial score (nSPS) is 14.6. The molecule has 2 aromatic carbocycles. The molecule has 0 N–H and O–H groups in total. The van der Waals surface area contributed by atoms with Gasteiger partial charge in [0.2, 0.25) is 0 Å². The van der Waals surface area contributed by atoms with Crippen LogP contribution in [-0.4, -0.2) is 24.6 Å². The van der Waals surface area contributed by atoms with Crippen molar-refractivity contribution >= 4 is 22.8 Å². The molecule has 3 aromatic rings. The third kappa shape index (κ3) is 2.72. The fraction of sp³-hybridized carbons (Fsp3) is 0.182. The van der Waals surface area contributed by atoms with Gasteiger partial charge in [0, 0.05) is 30.2 Å². The van der Waals surface area contributed by atoms with E-state index in [0.29, 0.717) is 34.6 Å². The molecule has 0 amide bonds. The number of Topliss-reactive ketones (excluding diaryl/α,β-unsaturated/α-hetero) is 1. The second-order valence-electron chi connectivity index (χ2n) is 6.56. The standard InChI is InChI=1S/C22H19NO4/c1-23-18-7-5-4-6-13(18)8-16(22(23)25)10-15-9-14-11-19(26-2)20(27-3)12-17(14)21(15)24/h4-8,10-12H,9H2,1-3H3. The van der Waals surface area contributed by atoms with Gasteiger partial charge >= 0.3 is 0 Å². The molecule has 1 aliphatic rings. The lowest BCUT2D eigenvalue weighted by molar-refractivity contribution is 0.104. The molecule has 0 radical (unpaired) electrons. The average Bonchev–Trinajstić information content (AvgIpc) is 2.99. The number of benzene rings is 2. The number of pyridine rings is 1. The van der Waals surface area contributed by atoms with Crippen LogP contribution in [0.1, 0.15) is 21.5 Å². The summed E-state index contributed by atoms with van der Waals surface area (Å²) < 4.78 is 12.2. The average molecular weight is 361 g/mol. The van der Waals surface area contributed by atoms with Gasteiger partial charge in [-0.25, -0.2) is 0 Å². The summed E-state index contributed by atoms with van der Waals surface area (Å²) in [5.74, 6) is 1.03. The Morgan fingerprint density at radius 3 is 2.44 bits per heavy atom. The zero-order valence-electron chi connectivity index (χ0n) is 15.4. The third-order valence-electron chi connectivity index (χ3n) is 5.02. The van der Waals surface area contributed by atoms with E-state index in [2.05, 4.69) is 0 Å². The first-order valence-corrected chi connectivity index (χ1v) is 8.62. The Morgan fingerprint density at radius 2 is 1.70 bits per heavy atom. The second-order valence-corrected chi connectivity index (χ2v) is 6.56. The summed E-state index contributed by atoms with van der Waals surface area (Å²) in [4.78, 5) is 25.6. The molecule has 1 aliphatic carbocycles. The molecule has 0 aliphatic heterocycles. The first kappa shape index (κ1) is 17.1. The molecule has 0 saturated heterocycles. The van der Waals surface area contributed by atoms with Crippen molar-refractivity contribution in [1.29, 1.82) is 0 Å². The Labute approximate surface area is 156 Å². The maximum absolute atomic E-state index is 12.9. The maximum atomic E-state index is 12.9. The van der Waals surface area contributed by atoms with Gasteiger partial charge in [0.25, 0.3) is 5.56 Å². The van der Waals surface area contributed by atoms with Gasteiger partial charge in [0.05, 0.1) is 19.7 Å². The quantitative estimate of drug-likeness (QED) is 0.671. The Balaban J connectivity index is 1.82. The van der Waals surface area contributed by atoms with Gasteiger partial charge in [-0.3, -0.25) is 9.59 Å². The number of hydrogen-bond donors (Lipinski definition) is 0. The molecule has 0 bridgehead atoms. The molecule has 0 spiro atoms. The van der Waals surface area contributed by atoms with E-state index in [1.807, 2.05) is 36.4 Å². The summed E-state index contributed by atoms with van der Waals surface area (Å²) in [5.41, 5.74) is 3.30. The number of carbonyl (C=O) groups excluding carboxylic acids is 1. The predicted molar refractivity (Wildman–Crippen MR) is 105 cm³/mol. The van der Waals surface area contributed by atoms with Crippen molar-refractivity contribution in [2.24, 2.45) is 7.05 Å². The number of ketones is 1. The molecule has 5 heteroatoms. The highest BCUT2D eigenvalue weighted by Crippen LogP contribution is 2.36. The molecule has 0 fully saturated rings. The van der Waals surface area contributed by atoms with Crippen LogP contribution >= 0.6 is 0 Å². The fourth-order valence-electron chi connectivity index (χ4n) is 3.59. The Morgan fingerprint density at radius 1 is 1.00 bits per heavy atom. The van der Waals surface area contributed by atoms with Crippen LogP contribution in [-0.2, 0) is 13.5 Å². The Kier molecular flexibility index (Phi) is 4.07. The molecule has 5 nitrogen and oxygen atoms in total. The van der Waals surface area contributed by atoms with E-state index in [-0.39, 0.29) is 11.3 Å². The van der Waals surface area contributed by atoms with Crippen LogP contribution in [0.5, 0.6) is 11.5 Å². The highest BCUT2D eigenvalue weighted by Gasteiger charge is 2.27. The topological polar surface area (TPSA) is 57.5 Å². The number of para-hydroxylation sites is 1. The lowest BCUT2D eigenvalue weighted by Gasteiger charge is -2.08. The summed E-state index contributed by atoms with van der Waals surface area (Å²) in [5, 5.41) is 0.956. The number of aryl methyl sites for hydroxylation is 1. The first-order chi connectivity index (χ1) is 13.0. The molecular weight excluding hydrogens is 342 g/mol. The Hall–Kier alpha value is -3.34. The van der Waals surface area contributed by atoms with E-state index >= 15 is 0 Å². The van der Waals surface area contributed by atoms with Crippen molar-refractivity contribution in [3.63, 3.8) is 0 Å². The van der Waals surface area contributed by atoms with Crippen molar-refractivity contribution in [2.45, 2.75) is 6.42 Å². The highest BCUT2D eigenvalue weighted by atomic mass is 16.5. The number of methoxy groups -OCH3 is 2. The van der Waals surface area contributed by atoms with E-state index in [9.17, 15) is 9.59 Å². The van der Waals surface area contributed by atoms with Gasteiger partial charge in [-0.1, -0.05) is 18.2 Å². The van der Waals surface area contributed by atoms with Crippen LogP contribution in [0.25, 0.3) is 17.0 Å². The molecule has 136 valence electrons. The molecule has 0 saturated carbocycles. The highest BCUT2D eigenvalue weighted by molar-refractivity contribution is 6.16. The van der Waals surface area contributed by atoms with Crippen LogP contribution in [0.4, 0.5) is 0 Å². The minimum atomic E-state index is -0.125. The van der Waals surface area contributed by atoms with Crippen molar-refractivity contribution in [3.8, 4) is 11.5 Å². The van der Waals surface area contributed by atoms with Crippen LogP contribution in [0.3, 0.4) is 0 Å². The van der Waals surface area contributed by atoms with Crippen molar-refractivity contribution < 1.29 is 14.3 Å². The van der Waals surface area contributed by atoms with Crippen molar-refractivity contribution in [3.05, 3.63) is 75.1 Å². The number of nitrogens with zero attached hydrogens (tertiary/aromatic N) is 1. The maximum Gasteiger partial charge on any atom is 0.258 e. The smallest absolute Gasteiger partial charge is 0.258 e. The molecule has 27 heavy (non-hydrogen) atoms. The minimum Gasteiger partial charge on any atom is -0.493 e. The summed E-state index contributed by atoms with van der Waals surface area (Å²) >= 11 is 0. The molecule has 1 aromatic heterocycles. The fourth-order valence-corrected chi connectivity index (χ4v) is 3.59. The summed E-state index contributed by atoms with van der Waals surface area (Å²) in [7, 11) is 4.85. The predicted octanol–water partition coefficient (Wildman–Crippen LogP) is 3.38. The minimum absolute atomic E-state index is 0.0823. The lowest BCUT2D eigenvalue weighted by atomic mass is 10.1. The van der Waals surface area contributed by atoms with Gasteiger partial charge in [0.1, 0.15) is 0 Å². The van der Waals surface area contributed by atoms with E-state index in [1.54, 1.807) is 38.0 Å². The molecule has 0 unspecified atom stereocenters. The zero-order valence-corrected chi connectivity index (χ0v) is 15.4. The van der Waals surface area contributed by atoms with E-state index in [1.165, 1.54) is 0 Å². The number of fused-ring (bicyclic) bond motifs is 2. The summed E-state index contributed by atoms with van der Waals surface area (Å²) in [6.07, 6.45) is 2.17. The van der Waals surface area contributed by atoms with Crippen LogP contribution in [0, 0.1) is 0 Å². The third-order valence-corrected chi connectivity index (χ3v) is 5.02. The lowest BCUT2D eigenvalue weighted by Crippen LogP contribution is -2.19. The van der Waals surface area contributed by atoms with Gasteiger partial charge < -0.3 is 14.0 Å². The Bertz CT molecular complexity index is 1170. The van der Waals surface area contributed by atoms with E-state index in [0.717, 1.165) is 16.5 Å². The monoisotopic (exact) mass is 361 g/mol. The number of allylic oxidation sites excluding steroid dienone is 1. The van der Waals surface area contributed by atoms with Gasteiger partial charge in [0.15, 0.2) is 17.3 Å². The van der Waals surface area contributed by atoms with E-state index < -0.39 is 0 Å². The number of hydrogen-bond acceptors (Lipinski definition) is 4. The molecular formula is C22H19NO4. The largest absolute Gasteiger partial charge is 0.493 e. The number of rotatable bonds is 3. The second kappa shape index (κ2) is 6.43. The van der Waals surface area contributed by atoms with Crippen molar-refractivity contribution in [1.82, 2.24) is 4.57 Å². The van der Waals surface area contributed by atoms with Gasteiger partial charge in [-0.2, -0.15) is 0 Å². The molecule has 4 rings (SSSR count). The van der Waals surface area contributed by atoms with Crippen molar-refractivity contribution in [2.75, 3.05) is 14.2 Å². The van der Waals surface area contributed by atoms with Gasteiger partial charge in [-0.15, -0.1) is 0 Å².